The van der Waals surface area contributed by atoms with Crippen molar-refractivity contribution >= 4 is 65.6 Å². The number of rotatable bonds is 6. The normalized spacial score (nSPS) is 11.6. The van der Waals surface area contributed by atoms with Gasteiger partial charge < -0.3 is 9.15 Å². The monoisotopic (exact) mass is 496 g/mol. The third-order valence-corrected chi connectivity index (χ3v) is 7.03. The molecule has 0 spiro atoms. The van der Waals surface area contributed by atoms with Gasteiger partial charge in [-0.05, 0) is 42.5 Å². The van der Waals surface area contributed by atoms with Crippen LogP contribution < -0.4 is 10.1 Å². The number of aromatic nitrogens is 1. The standard InChI is InChI=1S/C20H14Cl2N2O5S2/c1-31(26,27)12-6-7-14-17(9-12)30-20(23-14)24-19(25)16-8-5-11(29-16)10-28-15-4-2-3-13(21)18(15)22/h2-9H,10H2,1H3,(H,23,24,25). The van der Waals surface area contributed by atoms with Gasteiger partial charge in [0.05, 0.1) is 20.1 Å². The minimum Gasteiger partial charge on any atom is -0.484 e. The highest BCUT2D eigenvalue weighted by molar-refractivity contribution is 7.90. The van der Waals surface area contributed by atoms with E-state index in [0.29, 0.717) is 36.9 Å². The fraction of sp³-hybridized carbons (Fsp3) is 0.100. The number of amides is 1. The Balaban J connectivity index is 1.44. The molecule has 0 unspecified atom stereocenters. The molecular formula is C20H14Cl2N2O5S2. The number of fused-ring (bicyclic) bond motifs is 1. The fourth-order valence-electron chi connectivity index (χ4n) is 2.67. The van der Waals surface area contributed by atoms with Crippen molar-refractivity contribution in [3.05, 3.63) is 70.1 Å². The molecule has 0 aliphatic carbocycles. The van der Waals surface area contributed by atoms with Gasteiger partial charge in [0.2, 0.25) is 0 Å². The first-order chi connectivity index (χ1) is 14.7. The highest BCUT2D eigenvalue weighted by atomic mass is 35.5. The van der Waals surface area contributed by atoms with Gasteiger partial charge in [-0.2, -0.15) is 0 Å². The Kier molecular flexibility index (Phi) is 5.94. The lowest BCUT2D eigenvalue weighted by Crippen LogP contribution is -2.10. The number of nitrogens with one attached hydrogen (secondary N) is 1. The van der Waals surface area contributed by atoms with Crippen molar-refractivity contribution in [3.63, 3.8) is 0 Å². The van der Waals surface area contributed by atoms with Crippen LogP contribution in [0.3, 0.4) is 0 Å². The molecular weight excluding hydrogens is 483 g/mol. The molecule has 0 saturated carbocycles. The Morgan fingerprint density at radius 3 is 2.77 bits per heavy atom. The highest BCUT2D eigenvalue weighted by Gasteiger charge is 2.16. The number of carbonyl (C=O) groups is 1. The van der Waals surface area contributed by atoms with Gasteiger partial charge in [-0.3, -0.25) is 10.1 Å². The quantitative estimate of drug-likeness (QED) is 0.382. The lowest BCUT2D eigenvalue weighted by atomic mass is 10.3. The molecule has 2 aromatic carbocycles. The fourth-order valence-corrected chi connectivity index (χ4v) is 4.64. The van der Waals surface area contributed by atoms with E-state index in [1.165, 1.54) is 29.5 Å². The van der Waals surface area contributed by atoms with Crippen molar-refractivity contribution in [3.8, 4) is 5.75 Å². The second kappa shape index (κ2) is 8.51. The van der Waals surface area contributed by atoms with Gasteiger partial charge in [-0.15, -0.1) is 0 Å². The first-order valence-electron chi connectivity index (χ1n) is 8.78. The Morgan fingerprint density at radius 2 is 2.00 bits per heavy atom. The number of anilines is 1. The maximum atomic E-state index is 12.5. The Bertz CT molecular complexity index is 1400. The zero-order chi connectivity index (χ0) is 22.2. The van der Waals surface area contributed by atoms with Crippen molar-refractivity contribution in [2.45, 2.75) is 11.5 Å². The topological polar surface area (TPSA) is 98.5 Å². The van der Waals surface area contributed by atoms with Crippen molar-refractivity contribution in [2.24, 2.45) is 0 Å². The number of nitrogens with zero attached hydrogens (tertiary/aromatic N) is 1. The van der Waals surface area contributed by atoms with Gasteiger partial charge in [0.1, 0.15) is 23.1 Å². The number of sulfone groups is 1. The molecule has 2 heterocycles. The van der Waals surface area contributed by atoms with Crippen LogP contribution in [0, 0.1) is 0 Å². The van der Waals surface area contributed by atoms with Crippen LogP contribution in [0.15, 0.2) is 57.8 Å². The van der Waals surface area contributed by atoms with E-state index in [0.717, 1.165) is 6.26 Å². The predicted octanol–water partition coefficient (Wildman–Crippen LogP) is 5.43. The SMILES string of the molecule is CS(=O)(=O)c1ccc2nc(NC(=O)c3ccc(COc4cccc(Cl)c4Cl)o3)sc2c1. The summed E-state index contributed by atoms with van der Waals surface area (Å²) < 4.78 is 35.2. The number of ether oxygens (including phenoxy) is 1. The number of benzene rings is 2. The van der Waals surface area contributed by atoms with Crippen LogP contribution in [-0.2, 0) is 16.4 Å². The molecule has 0 bridgehead atoms. The number of furan rings is 1. The Morgan fingerprint density at radius 1 is 1.19 bits per heavy atom. The zero-order valence-corrected chi connectivity index (χ0v) is 19.0. The van der Waals surface area contributed by atoms with Crippen LogP contribution in [0.1, 0.15) is 16.3 Å². The Labute approximate surface area is 191 Å². The van der Waals surface area contributed by atoms with Crippen molar-refractivity contribution in [2.75, 3.05) is 11.6 Å². The van der Waals surface area contributed by atoms with E-state index in [9.17, 15) is 13.2 Å². The van der Waals surface area contributed by atoms with Crippen molar-refractivity contribution < 1.29 is 22.4 Å². The van der Waals surface area contributed by atoms with E-state index >= 15 is 0 Å². The van der Waals surface area contributed by atoms with Gasteiger partial charge >= 0.3 is 0 Å². The summed E-state index contributed by atoms with van der Waals surface area (Å²) in [7, 11) is -3.33. The predicted molar refractivity (Wildman–Crippen MR) is 120 cm³/mol. The lowest BCUT2D eigenvalue weighted by molar-refractivity contribution is 0.0992. The molecule has 0 aliphatic heterocycles. The number of hydrogen-bond donors (Lipinski definition) is 1. The van der Waals surface area contributed by atoms with Crippen molar-refractivity contribution in [1.29, 1.82) is 0 Å². The molecule has 0 saturated heterocycles. The summed E-state index contributed by atoms with van der Waals surface area (Å²) in [5.74, 6) is 0.407. The van der Waals surface area contributed by atoms with Crippen LogP contribution in [0.25, 0.3) is 10.2 Å². The summed E-state index contributed by atoms with van der Waals surface area (Å²) in [6.07, 6.45) is 1.14. The Hall–Kier alpha value is -2.59. The second-order valence-corrected chi connectivity index (χ2v) is 10.3. The largest absolute Gasteiger partial charge is 0.484 e. The third-order valence-electron chi connectivity index (χ3n) is 4.18. The van der Waals surface area contributed by atoms with Gasteiger partial charge in [0.25, 0.3) is 5.91 Å². The summed E-state index contributed by atoms with van der Waals surface area (Å²) in [6, 6.07) is 12.8. The highest BCUT2D eigenvalue weighted by Crippen LogP contribution is 2.32. The van der Waals surface area contributed by atoms with Gasteiger partial charge in [0, 0.05) is 6.26 Å². The number of halogens is 2. The van der Waals surface area contributed by atoms with Crippen LogP contribution in [-0.4, -0.2) is 25.6 Å². The van der Waals surface area contributed by atoms with Crippen LogP contribution in [0.5, 0.6) is 5.75 Å². The van der Waals surface area contributed by atoms with Gasteiger partial charge in [-0.1, -0.05) is 40.6 Å². The molecule has 0 aliphatic rings. The van der Waals surface area contributed by atoms with Crippen LogP contribution in [0.2, 0.25) is 10.0 Å². The maximum absolute atomic E-state index is 12.5. The molecule has 2 aromatic heterocycles. The first-order valence-corrected chi connectivity index (χ1v) is 12.2. The summed E-state index contributed by atoms with van der Waals surface area (Å²) in [6.45, 7) is 0.0583. The number of thiazole rings is 1. The average Bonchev–Trinajstić information content (AvgIpc) is 3.34. The molecule has 11 heteroatoms. The molecule has 160 valence electrons. The second-order valence-electron chi connectivity index (χ2n) is 6.48. The first kappa shape index (κ1) is 21.6. The van der Waals surface area contributed by atoms with E-state index in [2.05, 4.69) is 10.3 Å². The van der Waals surface area contributed by atoms with Gasteiger partial charge in [-0.25, -0.2) is 13.4 Å². The van der Waals surface area contributed by atoms with Crippen molar-refractivity contribution in [1.82, 2.24) is 4.98 Å². The minimum atomic E-state index is -3.33. The van der Waals surface area contributed by atoms with Crippen LogP contribution >= 0.6 is 34.5 Å². The molecule has 31 heavy (non-hydrogen) atoms. The lowest BCUT2D eigenvalue weighted by Gasteiger charge is -2.07. The average molecular weight is 497 g/mol. The van der Waals surface area contributed by atoms with Gasteiger partial charge in [0.15, 0.2) is 20.7 Å². The smallest absolute Gasteiger partial charge is 0.293 e. The summed E-state index contributed by atoms with van der Waals surface area (Å²) in [4.78, 5) is 17.0. The molecule has 0 radical (unpaired) electrons. The summed E-state index contributed by atoms with van der Waals surface area (Å²) in [5.41, 5.74) is 0.583. The molecule has 1 N–H and O–H groups in total. The summed E-state index contributed by atoms with van der Waals surface area (Å²) in [5, 5.41) is 3.65. The third kappa shape index (κ3) is 4.85. The minimum absolute atomic E-state index is 0.0583. The molecule has 1 amide bonds. The van der Waals surface area contributed by atoms with E-state index in [-0.39, 0.29) is 17.3 Å². The molecule has 0 fully saturated rings. The number of carbonyl (C=O) groups excluding carboxylic acids is 1. The van der Waals surface area contributed by atoms with E-state index in [1.807, 2.05) is 0 Å². The van der Waals surface area contributed by atoms with E-state index in [4.69, 9.17) is 32.4 Å². The van der Waals surface area contributed by atoms with E-state index < -0.39 is 15.7 Å². The van der Waals surface area contributed by atoms with Crippen LogP contribution in [0.4, 0.5) is 5.13 Å². The number of hydrogen-bond acceptors (Lipinski definition) is 7. The maximum Gasteiger partial charge on any atom is 0.293 e. The molecule has 0 atom stereocenters. The van der Waals surface area contributed by atoms with E-state index in [1.54, 1.807) is 30.3 Å². The molecule has 4 aromatic rings. The molecule has 4 rings (SSSR count). The summed E-state index contributed by atoms with van der Waals surface area (Å²) >= 11 is 13.2. The molecule has 7 nitrogen and oxygen atoms in total. The zero-order valence-electron chi connectivity index (χ0n) is 15.9.